The Morgan fingerprint density at radius 2 is 1.68 bits per heavy atom. The molecule has 1 saturated carbocycles. The first kappa shape index (κ1) is 14.8. The highest BCUT2D eigenvalue weighted by Gasteiger charge is 2.22. The first-order valence-electron chi connectivity index (χ1n) is 8.10. The maximum absolute atomic E-state index is 12.7. The number of phenolic OH excluding ortho intramolecular Hbond substituents is 1. The van der Waals surface area contributed by atoms with Crippen molar-refractivity contribution in [2.45, 2.75) is 44.9 Å². The molecule has 2 aromatic rings. The van der Waals surface area contributed by atoms with Gasteiger partial charge in [-0.3, -0.25) is 4.79 Å². The zero-order valence-corrected chi connectivity index (χ0v) is 13.0. The SMILES string of the molecule is Cc1cc(C(=O)c2ccccc2)cc(C2CCCCC2)c1O. The van der Waals surface area contributed by atoms with Gasteiger partial charge in [-0.15, -0.1) is 0 Å². The van der Waals surface area contributed by atoms with Crippen LogP contribution in [0.1, 0.15) is 65.1 Å². The number of phenols is 1. The van der Waals surface area contributed by atoms with Gasteiger partial charge in [0.2, 0.25) is 0 Å². The Labute approximate surface area is 131 Å². The van der Waals surface area contributed by atoms with Gasteiger partial charge in [0.1, 0.15) is 5.75 Å². The number of hydrogen-bond acceptors (Lipinski definition) is 2. The van der Waals surface area contributed by atoms with Crippen LogP contribution in [0, 0.1) is 6.92 Å². The van der Waals surface area contributed by atoms with E-state index in [1.165, 1.54) is 19.3 Å². The zero-order valence-electron chi connectivity index (χ0n) is 13.0. The third kappa shape index (κ3) is 2.92. The smallest absolute Gasteiger partial charge is 0.193 e. The molecule has 1 aliphatic rings. The predicted octanol–water partition coefficient (Wildman–Crippen LogP) is 4.98. The van der Waals surface area contributed by atoms with E-state index in [1.807, 2.05) is 43.3 Å². The van der Waals surface area contributed by atoms with E-state index in [4.69, 9.17) is 0 Å². The number of carbonyl (C=O) groups excluding carboxylic acids is 1. The van der Waals surface area contributed by atoms with Gasteiger partial charge in [-0.05, 0) is 48.9 Å². The number of carbonyl (C=O) groups is 1. The molecule has 2 aromatic carbocycles. The molecule has 2 heteroatoms. The monoisotopic (exact) mass is 294 g/mol. The van der Waals surface area contributed by atoms with E-state index < -0.39 is 0 Å². The van der Waals surface area contributed by atoms with Gasteiger partial charge in [0.05, 0.1) is 0 Å². The van der Waals surface area contributed by atoms with Crippen molar-refractivity contribution in [3.8, 4) is 5.75 Å². The number of aromatic hydroxyl groups is 1. The van der Waals surface area contributed by atoms with Gasteiger partial charge in [-0.25, -0.2) is 0 Å². The quantitative estimate of drug-likeness (QED) is 0.811. The van der Waals surface area contributed by atoms with Crippen molar-refractivity contribution < 1.29 is 9.90 Å². The Hall–Kier alpha value is -2.09. The fraction of sp³-hybridized carbons (Fsp3) is 0.350. The van der Waals surface area contributed by atoms with E-state index in [9.17, 15) is 9.90 Å². The lowest BCUT2D eigenvalue weighted by atomic mass is 9.82. The van der Waals surface area contributed by atoms with E-state index >= 15 is 0 Å². The summed E-state index contributed by atoms with van der Waals surface area (Å²) in [6.45, 7) is 1.88. The zero-order chi connectivity index (χ0) is 15.5. The van der Waals surface area contributed by atoms with E-state index in [0.29, 0.717) is 22.8 Å². The Bertz CT molecular complexity index is 668. The summed E-state index contributed by atoms with van der Waals surface area (Å²) in [5.41, 5.74) is 3.13. The highest BCUT2D eigenvalue weighted by atomic mass is 16.3. The van der Waals surface area contributed by atoms with Gasteiger partial charge in [-0.2, -0.15) is 0 Å². The van der Waals surface area contributed by atoms with E-state index in [2.05, 4.69) is 0 Å². The van der Waals surface area contributed by atoms with Crippen LogP contribution in [0.3, 0.4) is 0 Å². The average Bonchev–Trinajstić information content (AvgIpc) is 2.58. The Morgan fingerprint density at radius 1 is 1.00 bits per heavy atom. The molecule has 1 N–H and O–H groups in total. The van der Waals surface area contributed by atoms with Crippen LogP contribution >= 0.6 is 0 Å². The molecule has 0 amide bonds. The summed E-state index contributed by atoms with van der Waals surface area (Å²) < 4.78 is 0. The van der Waals surface area contributed by atoms with Crippen molar-refractivity contribution in [1.82, 2.24) is 0 Å². The first-order chi connectivity index (χ1) is 10.7. The van der Waals surface area contributed by atoms with Crippen LogP contribution in [0.15, 0.2) is 42.5 Å². The fourth-order valence-corrected chi connectivity index (χ4v) is 3.42. The lowest BCUT2D eigenvalue weighted by Crippen LogP contribution is -2.08. The molecular formula is C20H22O2. The van der Waals surface area contributed by atoms with Crippen molar-refractivity contribution in [3.63, 3.8) is 0 Å². The predicted molar refractivity (Wildman–Crippen MR) is 88.5 cm³/mol. The molecule has 0 aromatic heterocycles. The highest BCUT2D eigenvalue weighted by molar-refractivity contribution is 6.09. The van der Waals surface area contributed by atoms with Crippen molar-refractivity contribution in [1.29, 1.82) is 0 Å². The maximum atomic E-state index is 12.7. The molecule has 1 aliphatic carbocycles. The van der Waals surface area contributed by atoms with Crippen LogP contribution in [0.4, 0.5) is 0 Å². The van der Waals surface area contributed by atoms with Gasteiger partial charge >= 0.3 is 0 Å². The van der Waals surface area contributed by atoms with Crippen LogP contribution in [-0.2, 0) is 0 Å². The number of hydrogen-bond donors (Lipinski definition) is 1. The van der Waals surface area contributed by atoms with Gasteiger partial charge in [-0.1, -0.05) is 49.6 Å². The lowest BCUT2D eigenvalue weighted by Gasteiger charge is -2.24. The number of ketones is 1. The molecule has 0 heterocycles. The number of benzene rings is 2. The number of rotatable bonds is 3. The standard InChI is InChI=1S/C20H22O2/c1-14-12-17(20(22)16-10-6-3-7-11-16)13-18(19(14)21)15-8-4-2-5-9-15/h3,6-7,10-13,15,21H,2,4-5,8-9H2,1H3. The van der Waals surface area contributed by atoms with E-state index in [1.54, 1.807) is 6.07 Å². The normalized spacial score (nSPS) is 15.7. The molecule has 3 rings (SSSR count). The van der Waals surface area contributed by atoms with Gasteiger partial charge in [0, 0.05) is 11.1 Å². The minimum absolute atomic E-state index is 0.0285. The second-order valence-electron chi connectivity index (χ2n) is 6.26. The van der Waals surface area contributed by atoms with E-state index in [-0.39, 0.29) is 5.78 Å². The van der Waals surface area contributed by atoms with Gasteiger partial charge < -0.3 is 5.11 Å². The molecule has 114 valence electrons. The van der Waals surface area contributed by atoms with Crippen molar-refractivity contribution in [3.05, 3.63) is 64.7 Å². The molecule has 1 fully saturated rings. The molecule has 0 saturated heterocycles. The minimum Gasteiger partial charge on any atom is -0.507 e. The van der Waals surface area contributed by atoms with Crippen LogP contribution in [0.25, 0.3) is 0 Å². The van der Waals surface area contributed by atoms with Gasteiger partial charge in [0.25, 0.3) is 0 Å². The molecule has 0 atom stereocenters. The minimum atomic E-state index is 0.0285. The van der Waals surface area contributed by atoms with Crippen LogP contribution < -0.4 is 0 Å². The maximum Gasteiger partial charge on any atom is 0.193 e. The Kier molecular flexibility index (Phi) is 4.28. The highest BCUT2D eigenvalue weighted by Crippen LogP contribution is 2.39. The third-order valence-electron chi connectivity index (χ3n) is 4.67. The van der Waals surface area contributed by atoms with Crippen molar-refractivity contribution in [2.75, 3.05) is 0 Å². The first-order valence-corrected chi connectivity index (χ1v) is 8.10. The molecule has 0 bridgehead atoms. The second kappa shape index (κ2) is 6.35. The van der Waals surface area contributed by atoms with Crippen LogP contribution in [0.2, 0.25) is 0 Å². The fourth-order valence-electron chi connectivity index (χ4n) is 3.42. The Balaban J connectivity index is 1.99. The summed E-state index contributed by atoms with van der Waals surface area (Å²) in [5, 5.41) is 10.4. The van der Waals surface area contributed by atoms with Crippen molar-refractivity contribution in [2.24, 2.45) is 0 Å². The van der Waals surface area contributed by atoms with Gasteiger partial charge in [0.15, 0.2) is 5.78 Å². The summed E-state index contributed by atoms with van der Waals surface area (Å²) in [4.78, 5) is 12.7. The summed E-state index contributed by atoms with van der Waals surface area (Å²) in [7, 11) is 0. The lowest BCUT2D eigenvalue weighted by molar-refractivity contribution is 0.103. The molecular weight excluding hydrogens is 272 g/mol. The summed E-state index contributed by atoms with van der Waals surface area (Å²) in [5.74, 6) is 0.785. The molecule has 0 spiro atoms. The summed E-state index contributed by atoms with van der Waals surface area (Å²) >= 11 is 0. The number of aryl methyl sites for hydroxylation is 1. The Morgan fingerprint density at radius 3 is 2.36 bits per heavy atom. The largest absolute Gasteiger partial charge is 0.507 e. The van der Waals surface area contributed by atoms with Crippen molar-refractivity contribution >= 4 is 5.78 Å². The molecule has 22 heavy (non-hydrogen) atoms. The van der Waals surface area contributed by atoms with Crippen LogP contribution in [0.5, 0.6) is 5.75 Å². The molecule has 0 aliphatic heterocycles. The second-order valence-corrected chi connectivity index (χ2v) is 6.26. The summed E-state index contributed by atoms with van der Waals surface area (Å²) in [6, 6.07) is 13.1. The average molecular weight is 294 g/mol. The summed E-state index contributed by atoms with van der Waals surface area (Å²) in [6.07, 6.45) is 5.91. The van der Waals surface area contributed by atoms with E-state index in [0.717, 1.165) is 24.0 Å². The van der Waals surface area contributed by atoms with Crippen LogP contribution in [-0.4, -0.2) is 10.9 Å². The molecule has 0 unspecified atom stereocenters. The molecule has 2 nitrogen and oxygen atoms in total. The topological polar surface area (TPSA) is 37.3 Å². The molecule has 0 radical (unpaired) electrons. The third-order valence-corrected chi connectivity index (χ3v) is 4.67.